The minimum Gasteiger partial charge on any atom is -0.253 e. The van der Waals surface area contributed by atoms with Crippen LogP contribution >= 0.6 is 22.9 Å². The van der Waals surface area contributed by atoms with E-state index in [1.165, 1.54) is 23.5 Å². The molecule has 5 nitrogen and oxygen atoms in total. The molecule has 0 saturated heterocycles. The van der Waals surface area contributed by atoms with Crippen LogP contribution in [0.1, 0.15) is 0 Å². The zero-order chi connectivity index (χ0) is 15.1. The van der Waals surface area contributed by atoms with E-state index in [1.54, 1.807) is 16.8 Å². The van der Waals surface area contributed by atoms with Gasteiger partial charge in [-0.3, -0.25) is 4.98 Å². The lowest BCUT2D eigenvalue weighted by atomic mass is 10.2. The first-order valence-electron chi connectivity index (χ1n) is 6.31. The van der Waals surface area contributed by atoms with E-state index in [0.29, 0.717) is 32.1 Å². The van der Waals surface area contributed by atoms with Crippen LogP contribution in [0.15, 0.2) is 42.6 Å². The highest BCUT2D eigenvalue weighted by Gasteiger charge is 2.17. The lowest BCUT2D eigenvalue weighted by Crippen LogP contribution is -1.93. The third-order valence-electron chi connectivity index (χ3n) is 3.04. The summed E-state index contributed by atoms with van der Waals surface area (Å²) in [6, 6.07) is 9.85. The van der Waals surface area contributed by atoms with Crippen molar-refractivity contribution in [1.29, 1.82) is 0 Å². The number of pyridine rings is 1. The summed E-state index contributed by atoms with van der Waals surface area (Å²) in [6.07, 6.45) is 1.67. The molecule has 8 heteroatoms. The summed E-state index contributed by atoms with van der Waals surface area (Å²) in [6.45, 7) is 0. The summed E-state index contributed by atoms with van der Waals surface area (Å²) in [4.78, 5) is 4.80. The molecule has 3 aromatic heterocycles. The molecule has 108 valence electrons. The number of benzene rings is 1. The SMILES string of the molecule is Fc1ccc(Cl)cc1-c1nn2c(-c3ccccn3)nnc2s1. The Balaban J connectivity index is 1.89. The molecule has 0 fully saturated rings. The molecular weight excluding hydrogens is 325 g/mol. The molecule has 22 heavy (non-hydrogen) atoms. The molecule has 0 spiro atoms. The van der Waals surface area contributed by atoms with E-state index in [1.807, 2.05) is 18.2 Å². The van der Waals surface area contributed by atoms with Crippen molar-refractivity contribution in [2.45, 2.75) is 0 Å². The van der Waals surface area contributed by atoms with Gasteiger partial charge in [0.1, 0.15) is 11.5 Å². The summed E-state index contributed by atoms with van der Waals surface area (Å²) < 4.78 is 15.5. The number of fused-ring (bicyclic) bond motifs is 1. The molecule has 4 rings (SSSR count). The number of nitrogens with zero attached hydrogens (tertiary/aromatic N) is 5. The van der Waals surface area contributed by atoms with Gasteiger partial charge in [-0.2, -0.15) is 9.61 Å². The molecule has 0 aliphatic carbocycles. The number of rotatable bonds is 2. The fourth-order valence-corrected chi connectivity index (χ4v) is 3.07. The Kier molecular flexibility index (Phi) is 3.09. The Morgan fingerprint density at radius 1 is 1.14 bits per heavy atom. The maximum atomic E-state index is 14.0. The van der Waals surface area contributed by atoms with E-state index in [9.17, 15) is 4.39 Å². The predicted molar refractivity (Wildman–Crippen MR) is 82.3 cm³/mol. The maximum absolute atomic E-state index is 14.0. The van der Waals surface area contributed by atoms with Gasteiger partial charge in [0.05, 0.1) is 0 Å². The van der Waals surface area contributed by atoms with E-state index < -0.39 is 0 Å². The normalized spacial score (nSPS) is 11.2. The predicted octanol–water partition coefficient (Wildman–Crippen LogP) is 3.71. The largest absolute Gasteiger partial charge is 0.253 e. The molecule has 3 heterocycles. The van der Waals surface area contributed by atoms with E-state index >= 15 is 0 Å². The maximum Gasteiger partial charge on any atom is 0.235 e. The lowest BCUT2D eigenvalue weighted by molar-refractivity contribution is 0.631. The fourth-order valence-electron chi connectivity index (χ4n) is 2.04. The molecule has 0 radical (unpaired) electrons. The molecule has 0 saturated carbocycles. The van der Waals surface area contributed by atoms with Gasteiger partial charge in [0.25, 0.3) is 0 Å². The summed E-state index contributed by atoms with van der Waals surface area (Å²) in [7, 11) is 0. The smallest absolute Gasteiger partial charge is 0.235 e. The van der Waals surface area contributed by atoms with E-state index in [-0.39, 0.29) is 5.82 Å². The molecule has 0 aliphatic heterocycles. The summed E-state index contributed by atoms with van der Waals surface area (Å²) >= 11 is 7.17. The summed E-state index contributed by atoms with van der Waals surface area (Å²) in [5.41, 5.74) is 0.994. The van der Waals surface area contributed by atoms with Crippen LogP contribution in [0.4, 0.5) is 4.39 Å². The number of aromatic nitrogens is 5. The van der Waals surface area contributed by atoms with Gasteiger partial charge in [0, 0.05) is 16.8 Å². The lowest BCUT2D eigenvalue weighted by Gasteiger charge is -1.99. The fraction of sp³-hybridized carbons (Fsp3) is 0. The van der Waals surface area contributed by atoms with Crippen molar-refractivity contribution >= 4 is 27.9 Å². The van der Waals surface area contributed by atoms with Crippen molar-refractivity contribution < 1.29 is 4.39 Å². The second kappa shape index (κ2) is 5.11. The average molecular weight is 332 g/mol. The van der Waals surface area contributed by atoms with Crippen LogP contribution in [-0.2, 0) is 0 Å². The third-order valence-corrected chi connectivity index (χ3v) is 4.21. The first-order valence-corrected chi connectivity index (χ1v) is 7.51. The number of hydrogen-bond donors (Lipinski definition) is 0. The van der Waals surface area contributed by atoms with E-state index in [2.05, 4.69) is 20.3 Å². The molecule has 0 amide bonds. The first kappa shape index (κ1) is 13.3. The third kappa shape index (κ3) is 2.15. The number of hydrogen-bond acceptors (Lipinski definition) is 5. The Hall–Kier alpha value is -2.38. The van der Waals surface area contributed by atoms with Gasteiger partial charge in [0.15, 0.2) is 5.01 Å². The van der Waals surface area contributed by atoms with Gasteiger partial charge in [-0.15, -0.1) is 10.2 Å². The van der Waals surface area contributed by atoms with E-state index in [4.69, 9.17) is 11.6 Å². The van der Waals surface area contributed by atoms with Crippen LogP contribution < -0.4 is 0 Å². The summed E-state index contributed by atoms with van der Waals surface area (Å²) in [5, 5.41) is 13.5. The van der Waals surface area contributed by atoms with Gasteiger partial charge < -0.3 is 0 Å². The molecule has 0 aliphatic rings. The molecule has 0 bridgehead atoms. The van der Waals surface area contributed by atoms with Crippen LogP contribution in [-0.4, -0.2) is 24.8 Å². The minimum atomic E-state index is -0.381. The molecule has 0 atom stereocenters. The van der Waals surface area contributed by atoms with Gasteiger partial charge in [-0.25, -0.2) is 4.39 Å². The second-order valence-electron chi connectivity index (χ2n) is 4.46. The Morgan fingerprint density at radius 3 is 2.86 bits per heavy atom. The summed E-state index contributed by atoms with van der Waals surface area (Å²) in [5.74, 6) is 0.134. The Labute approximate surface area is 133 Å². The quantitative estimate of drug-likeness (QED) is 0.562. The molecule has 0 N–H and O–H groups in total. The van der Waals surface area contributed by atoms with Crippen LogP contribution in [0.2, 0.25) is 5.02 Å². The van der Waals surface area contributed by atoms with Crippen LogP contribution in [0.3, 0.4) is 0 Å². The zero-order valence-corrected chi connectivity index (χ0v) is 12.5. The van der Waals surface area contributed by atoms with Crippen molar-refractivity contribution in [3.63, 3.8) is 0 Å². The van der Waals surface area contributed by atoms with Crippen LogP contribution in [0.5, 0.6) is 0 Å². The monoisotopic (exact) mass is 331 g/mol. The van der Waals surface area contributed by atoms with Crippen molar-refractivity contribution in [2.75, 3.05) is 0 Å². The molecule has 1 aromatic carbocycles. The van der Waals surface area contributed by atoms with Gasteiger partial charge >= 0.3 is 0 Å². The zero-order valence-electron chi connectivity index (χ0n) is 10.9. The Morgan fingerprint density at radius 2 is 2.05 bits per heavy atom. The highest BCUT2D eigenvalue weighted by molar-refractivity contribution is 7.19. The van der Waals surface area contributed by atoms with Crippen molar-refractivity contribution in [1.82, 2.24) is 24.8 Å². The average Bonchev–Trinajstić information content (AvgIpc) is 3.10. The molecule has 0 unspecified atom stereocenters. The van der Waals surface area contributed by atoms with Crippen molar-refractivity contribution in [3.8, 4) is 22.1 Å². The highest BCUT2D eigenvalue weighted by atomic mass is 35.5. The first-order chi connectivity index (χ1) is 10.7. The topological polar surface area (TPSA) is 56.0 Å². The molecule has 4 aromatic rings. The van der Waals surface area contributed by atoms with Crippen LogP contribution in [0, 0.1) is 5.82 Å². The number of halogens is 2. The standard InChI is InChI=1S/C14H7ClFN5S/c15-8-4-5-10(16)9(7-8)13-20-21-12(18-19-14(21)22-13)11-3-1-2-6-17-11/h1-7H. The minimum absolute atomic E-state index is 0.343. The molecular formula is C14H7ClFN5S. The highest BCUT2D eigenvalue weighted by Crippen LogP contribution is 2.30. The van der Waals surface area contributed by atoms with Crippen molar-refractivity contribution in [2.24, 2.45) is 0 Å². The van der Waals surface area contributed by atoms with Gasteiger partial charge in [-0.05, 0) is 30.3 Å². The van der Waals surface area contributed by atoms with Gasteiger partial charge in [-0.1, -0.05) is 29.0 Å². The van der Waals surface area contributed by atoms with Gasteiger partial charge in [0.2, 0.25) is 10.8 Å². The van der Waals surface area contributed by atoms with Crippen LogP contribution in [0.25, 0.3) is 27.1 Å². The van der Waals surface area contributed by atoms with E-state index in [0.717, 1.165) is 0 Å². The second-order valence-corrected chi connectivity index (χ2v) is 5.86. The Bertz CT molecular complexity index is 966. The van der Waals surface area contributed by atoms with Crippen molar-refractivity contribution in [3.05, 3.63) is 53.4 Å².